The Kier molecular flexibility index (Phi) is 3.91. The van der Waals surface area contributed by atoms with Crippen LogP contribution in [0, 0.1) is 22.7 Å². The van der Waals surface area contributed by atoms with E-state index in [1.165, 1.54) is 0 Å². The molecule has 82 valence electrons. The smallest absolute Gasteiger partial charge is 0.119 e. The first-order valence-corrected chi connectivity index (χ1v) is 5.09. The van der Waals surface area contributed by atoms with E-state index < -0.39 is 5.41 Å². The molecule has 0 N–H and O–H groups in total. The van der Waals surface area contributed by atoms with Crippen LogP contribution >= 0.6 is 0 Å². The molecule has 1 aromatic rings. The van der Waals surface area contributed by atoms with Gasteiger partial charge in [-0.2, -0.15) is 10.5 Å². The highest BCUT2D eigenvalue weighted by atomic mass is 16.5. The van der Waals surface area contributed by atoms with Crippen molar-refractivity contribution in [1.29, 1.82) is 10.5 Å². The summed E-state index contributed by atoms with van der Waals surface area (Å²) < 4.78 is 5.12. The third kappa shape index (κ3) is 2.52. The number of rotatable bonds is 4. The second kappa shape index (κ2) is 5.19. The highest BCUT2D eigenvalue weighted by Gasteiger charge is 2.26. The van der Waals surface area contributed by atoms with E-state index in [0.717, 1.165) is 11.3 Å². The van der Waals surface area contributed by atoms with E-state index >= 15 is 0 Å². The molecular formula is C13H14N2O. The second-order valence-electron chi connectivity index (χ2n) is 3.83. The Hall–Kier alpha value is -2.00. The van der Waals surface area contributed by atoms with Crippen LogP contribution in [0.3, 0.4) is 0 Å². The van der Waals surface area contributed by atoms with Crippen LogP contribution in [0.25, 0.3) is 0 Å². The number of nitriles is 2. The lowest BCUT2D eigenvalue weighted by Crippen LogP contribution is -2.19. The number of hydrogen-bond donors (Lipinski definition) is 0. The fourth-order valence-corrected chi connectivity index (χ4v) is 1.54. The van der Waals surface area contributed by atoms with Gasteiger partial charge in [0.25, 0.3) is 0 Å². The van der Waals surface area contributed by atoms with Crippen molar-refractivity contribution < 1.29 is 4.74 Å². The minimum Gasteiger partial charge on any atom is -0.497 e. The first-order valence-electron chi connectivity index (χ1n) is 5.09. The molecule has 1 unspecified atom stereocenters. The number of methoxy groups -OCH3 is 1. The lowest BCUT2D eigenvalue weighted by atomic mass is 9.80. The average molecular weight is 214 g/mol. The van der Waals surface area contributed by atoms with Gasteiger partial charge in [-0.3, -0.25) is 0 Å². The van der Waals surface area contributed by atoms with E-state index in [1.54, 1.807) is 7.11 Å². The summed E-state index contributed by atoms with van der Waals surface area (Å²) in [4.78, 5) is 0. The molecule has 0 fully saturated rings. The molecule has 3 nitrogen and oxygen atoms in total. The molecule has 0 aliphatic carbocycles. The Bertz CT molecular complexity index is 442. The van der Waals surface area contributed by atoms with Gasteiger partial charge in [-0.15, -0.1) is 0 Å². The molecule has 0 spiro atoms. The van der Waals surface area contributed by atoms with Crippen molar-refractivity contribution in [2.24, 2.45) is 0 Å². The predicted molar refractivity (Wildman–Crippen MR) is 60.8 cm³/mol. The third-order valence-electron chi connectivity index (χ3n) is 2.69. The Balaban J connectivity index is 3.04. The maximum atomic E-state index is 9.23. The Morgan fingerprint density at radius 2 is 2.12 bits per heavy atom. The van der Waals surface area contributed by atoms with Crippen molar-refractivity contribution in [2.75, 3.05) is 7.11 Å². The van der Waals surface area contributed by atoms with Crippen LogP contribution in [-0.4, -0.2) is 7.11 Å². The van der Waals surface area contributed by atoms with Gasteiger partial charge in [0, 0.05) is 6.42 Å². The van der Waals surface area contributed by atoms with Crippen LogP contribution in [-0.2, 0) is 5.41 Å². The zero-order chi connectivity index (χ0) is 12.0. The molecular weight excluding hydrogens is 200 g/mol. The van der Waals surface area contributed by atoms with Gasteiger partial charge in [-0.25, -0.2) is 0 Å². The van der Waals surface area contributed by atoms with Gasteiger partial charge in [0.05, 0.1) is 24.7 Å². The summed E-state index contributed by atoms with van der Waals surface area (Å²) in [5.41, 5.74) is 0.272. The predicted octanol–water partition coefficient (Wildman–Crippen LogP) is 2.78. The average Bonchev–Trinajstić information content (AvgIpc) is 2.36. The van der Waals surface area contributed by atoms with E-state index in [2.05, 4.69) is 12.1 Å². The summed E-state index contributed by atoms with van der Waals surface area (Å²) in [6.07, 6.45) is 0.911. The maximum absolute atomic E-state index is 9.23. The molecule has 1 aromatic carbocycles. The van der Waals surface area contributed by atoms with Crippen molar-refractivity contribution in [2.45, 2.75) is 25.2 Å². The molecule has 0 bridgehead atoms. The molecule has 0 saturated carbocycles. The summed E-state index contributed by atoms with van der Waals surface area (Å²) in [5, 5.41) is 17.8. The van der Waals surface area contributed by atoms with Gasteiger partial charge >= 0.3 is 0 Å². The molecule has 0 aliphatic heterocycles. The van der Waals surface area contributed by atoms with Gasteiger partial charge in [-0.1, -0.05) is 12.1 Å². The Labute approximate surface area is 95.9 Å². The van der Waals surface area contributed by atoms with Crippen LogP contribution in [0.5, 0.6) is 5.75 Å². The van der Waals surface area contributed by atoms with Gasteiger partial charge in [0.2, 0.25) is 0 Å². The lowest BCUT2D eigenvalue weighted by Gasteiger charge is -2.21. The van der Waals surface area contributed by atoms with Crippen molar-refractivity contribution in [3.05, 3.63) is 29.8 Å². The number of ether oxygens (including phenoxy) is 1. The minimum absolute atomic E-state index is 0.376. The molecule has 0 heterocycles. The molecule has 0 amide bonds. The third-order valence-corrected chi connectivity index (χ3v) is 2.69. The fourth-order valence-electron chi connectivity index (χ4n) is 1.54. The van der Waals surface area contributed by atoms with E-state index in [9.17, 15) is 5.26 Å². The van der Waals surface area contributed by atoms with Gasteiger partial charge in [0.15, 0.2) is 0 Å². The van der Waals surface area contributed by atoms with Gasteiger partial charge < -0.3 is 4.74 Å². The standard InChI is InChI=1S/C13H14N2O/c1-13(10-15,7-4-8-14)11-5-3-6-12(9-11)16-2/h3,5-6,9H,4,7H2,1-2H3. The van der Waals surface area contributed by atoms with Gasteiger partial charge in [0.1, 0.15) is 5.75 Å². The molecule has 3 heteroatoms. The molecule has 1 atom stereocenters. The molecule has 0 radical (unpaired) electrons. The summed E-state index contributed by atoms with van der Waals surface area (Å²) in [6.45, 7) is 1.85. The first kappa shape index (κ1) is 12.1. The summed E-state index contributed by atoms with van der Waals surface area (Å²) in [6, 6.07) is 11.8. The molecule has 1 rings (SSSR count). The van der Waals surface area contributed by atoms with Crippen molar-refractivity contribution in [3.63, 3.8) is 0 Å². The topological polar surface area (TPSA) is 56.8 Å². The highest BCUT2D eigenvalue weighted by molar-refractivity contribution is 5.37. The van der Waals surface area contributed by atoms with E-state index in [0.29, 0.717) is 12.8 Å². The fraction of sp³-hybridized carbons (Fsp3) is 0.385. The second-order valence-corrected chi connectivity index (χ2v) is 3.83. The Morgan fingerprint density at radius 3 is 2.69 bits per heavy atom. The van der Waals surface area contributed by atoms with Crippen molar-refractivity contribution in [1.82, 2.24) is 0 Å². The molecule has 16 heavy (non-hydrogen) atoms. The molecule has 0 aromatic heterocycles. The van der Waals surface area contributed by atoms with Crippen LogP contribution < -0.4 is 4.74 Å². The van der Waals surface area contributed by atoms with E-state index in [-0.39, 0.29) is 0 Å². The zero-order valence-corrected chi connectivity index (χ0v) is 9.53. The van der Waals surface area contributed by atoms with E-state index in [4.69, 9.17) is 10.00 Å². The van der Waals surface area contributed by atoms with Crippen molar-refractivity contribution in [3.8, 4) is 17.9 Å². The number of nitrogens with zero attached hydrogens (tertiary/aromatic N) is 2. The summed E-state index contributed by atoms with van der Waals surface area (Å²) in [5.74, 6) is 0.732. The molecule has 0 saturated heterocycles. The normalized spacial score (nSPS) is 13.2. The maximum Gasteiger partial charge on any atom is 0.119 e. The minimum atomic E-state index is -0.621. The van der Waals surface area contributed by atoms with E-state index in [1.807, 2.05) is 31.2 Å². The van der Waals surface area contributed by atoms with Gasteiger partial charge in [-0.05, 0) is 31.0 Å². The monoisotopic (exact) mass is 214 g/mol. The lowest BCUT2D eigenvalue weighted by molar-refractivity contribution is 0.412. The highest BCUT2D eigenvalue weighted by Crippen LogP contribution is 2.30. The van der Waals surface area contributed by atoms with Crippen molar-refractivity contribution >= 4 is 0 Å². The number of hydrogen-bond acceptors (Lipinski definition) is 3. The van der Waals surface area contributed by atoms with Crippen LogP contribution in [0.15, 0.2) is 24.3 Å². The zero-order valence-electron chi connectivity index (χ0n) is 9.53. The van der Waals surface area contributed by atoms with Crippen LogP contribution in [0.1, 0.15) is 25.3 Å². The largest absolute Gasteiger partial charge is 0.497 e. The summed E-state index contributed by atoms with van der Waals surface area (Å²) in [7, 11) is 1.60. The van der Waals surface area contributed by atoms with Crippen LogP contribution in [0.4, 0.5) is 0 Å². The number of benzene rings is 1. The Morgan fingerprint density at radius 1 is 1.38 bits per heavy atom. The van der Waals surface area contributed by atoms with Crippen LogP contribution in [0.2, 0.25) is 0 Å². The molecule has 0 aliphatic rings. The summed E-state index contributed by atoms with van der Waals surface area (Å²) >= 11 is 0. The quantitative estimate of drug-likeness (QED) is 0.774. The first-order chi connectivity index (χ1) is 7.66. The SMILES string of the molecule is COc1cccc(C(C)(C#N)CCC#N)c1.